The van der Waals surface area contributed by atoms with Crippen LogP contribution in [0.1, 0.15) is 17.2 Å². The summed E-state index contributed by atoms with van der Waals surface area (Å²) in [6.07, 6.45) is 1.11. The van der Waals surface area contributed by atoms with Crippen LogP contribution in [0.4, 0.5) is 0 Å². The van der Waals surface area contributed by atoms with Gasteiger partial charge in [-0.3, -0.25) is 4.98 Å². The third kappa shape index (κ3) is 2.60. The van der Waals surface area contributed by atoms with Crippen LogP contribution in [-0.4, -0.2) is 10.1 Å². The molecule has 0 aliphatic carbocycles. The van der Waals surface area contributed by atoms with E-state index in [2.05, 4.69) is 36.8 Å². The predicted octanol–water partition coefficient (Wildman–Crippen LogP) is 4.90. The molecule has 96 valence electrons. The maximum atomic E-state index is 10.5. The molecule has 0 aliphatic rings. The van der Waals surface area contributed by atoms with E-state index in [9.17, 15) is 5.11 Å². The van der Waals surface area contributed by atoms with Crippen molar-refractivity contribution in [2.75, 3.05) is 0 Å². The maximum Gasteiger partial charge on any atom is 0.106 e. The molecular formula is C14H9Br2NOS. The van der Waals surface area contributed by atoms with Gasteiger partial charge in [0, 0.05) is 17.1 Å². The standard InChI is InChI=1S/C14H9Br2NOS/c15-12-7-10(14(16)19-12)13(18)9-4-3-8-2-1-5-17-11(8)6-9/h1-7,13,18H. The third-order valence-electron chi connectivity index (χ3n) is 2.92. The first-order chi connectivity index (χ1) is 9.15. The normalized spacial score (nSPS) is 12.8. The minimum atomic E-state index is -0.650. The number of hydrogen-bond donors (Lipinski definition) is 1. The molecule has 3 aromatic rings. The van der Waals surface area contributed by atoms with E-state index in [0.29, 0.717) is 0 Å². The topological polar surface area (TPSA) is 33.1 Å². The number of hydrogen-bond acceptors (Lipinski definition) is 3. The van der Waals surface area contributed by atoms with Crippen molar-refractivity contribution in [2.45, 2.75) is 6.10 Å². The molecule has 0 saturated carbocycles. The van der Waals surface area contributed by atoms with Crippen molar-refractivity contribution in [2.24, 2.45) is 0 Å². The zero-order chi connectivity index (χ0) is 13.4. The molecule has 0 radical (unpaired) electrons. The minimum absolute atomic E-state index is 0.650. The van der Waals surface area contributed by atoms with E-state index >= 15 is 0 Å². The van der Waals surface area contributed by atoms with E-state index in [1.807, 2.05) is 36.4 Å². The number of aliphatic hydroxyl groups is 1. The number of thiophene rings is 1. The Kier molecular flexibility index (Phi) is 3.71. The average molecular weight is 399 g/mol. The first kappa shape index (κ1) is 13.2. The highest BCUT2D eigenvalue weighted by molar-refractivity contribution is 9.12. The fourth-order valence-corrected chi connectivity index (χ4v) is 4.86. The summed E-state index contributed by atoms with van der Waals surface area (Å²) in [5.41, 5.74) is 2.61. The Morgan fingerprint density at radius 1 is 1.16 bits per heavy atom. The van der Waals surface area contributed by atoms with Crippen LogP contribution in [0.25, 0.3) is 10.9 Å². The van der Waals surface area contributed by atoms with Crippen LogP contribution in [0.2, 0.25) is 0 Å². The molecule has 2 heterocycles. The van der Waals surface area contributed by atoms with Gasteiger partial charge in [0.1, 0.15) is 6.10 Å². The average Bonchev–Trinajstić information content (AvgIpc) is 2.76. The number of aliphatic hydroxyl groups excluding tert-OH is 1. The zero-order valence-corrected chi connectivity index (χ0v) is 13.7. The van der Waals surface area contributed by atoms with Gasteiger partial charge in [-0.05, 0) is 55.6 Å². The molecule has 0 amide bonds. The summed E-state index contributed by atoms with van der Waals surface area (Å²) in [6, 6.07) is 11.7. The summed E-state index contributed by atoms with van der Waals surface area (Å²) in [6.45, 7) is 0. The molecule has 5 heteroatoms. The summed E-state index contributed by atoms with van der Waals surface area (Å²) in [5.74, 6) is 0. The lowest BCUT2D eigenvalue weighted by atomic mass is 10.0. The van der Waals surface area contributed by atoms with Crippen molar-refractivity contribution in [3.8, 4) is 0 Å². The Bertz CT molecular complexity index is 741. The van der Waals surface area contributed by atoms with Crippen molar-refractivity contribution >= 4 is 54.1 Å². The number of aromatic nitrogens is 1. The molecule has 2 aromatic heterocycles. The third-order valence-corrected chi connectivity index (χ3v) is 5.31. The molecule has 0 aliphatic heterocycles. The van der Waals surface area contributed by atoms with E-state index in [-0.39, 0.29) is 0 Å². The highest BCUT2D eigenvalue weighted by Gasteiger charge is 2.16. The van der Waals surface area contributed by atoms with E-state index in [0.717, 1.165) is 29.6 Å². The van der Waals surface area contributed by atoms with Gasteiger partial charge in [-0.1, -0.05) is 18.2 Å². The van der Waals surface area contributed by atoms with Crippen molar-refractivity contribution in [3.63, 3.8) is 0 Å². The predicted molar refractivity (Wildman–Crippen MR) is 85.5 cm³/mol. The van der Waals surface area contributed by atoms with Crippen LogP contribution in [0.3, 0.4) is 0 Å². The van der Waals surface area contributed by atoms with Gasteiger partial charge in [-0.15, -0.1) is 11.3 Å². The smallest absolute Gasteiger partial charge is 0.106 e. The van der Waals surface area contributed by atoms with Crippen LogP contribution in [0.5, 0.6) is 0 Å². The van der Waals surface area contributed by atoms with Crippen molar-refractivity contribution in [1.29, 1.82) is 0 Å². The van der Waals surface area contributed by atoms with Gasteiger partial charge in [0.05, 0.1) is 13.1 Å². The van der Waals surface area contributed by atoms with Crippen LogP contribution < -0.4 is 0 Å². The molecule has 0 saturated heterocycles. The quantitative estimate of drug-likeness (QED) is 0.665. The molecule has 0 fully saturated rings. The van der Waals surface area contributed by atoms with Gasteiger partial charge in [0.25, 0.3) is 0 Å². The molecule has 0 bridgehead atoms. The van der Waals surface area contributed by atoms with Gasteiger partial charge in [-0.25, -0.2) is 0 Å². The van der Waals surface area contributed by atoms with Gasteiger partial charge in [0.2, 0.25) is 0 Å². The van der Waals surface area contributed by atoms with E-state index in [1.165, 1.54) is 0 Å². The number of nitrogens with zero attached hydrogens (tertiary/aromatic N) is 1. The second-order valence-corrected chi connectivity index (χ2v) is 7.89. The Morgan fingerprint density at radius 2 is 2.00 bits per heavy atom. The molecule has 1 unspecified atom stereocenters. The van der Waals surface area contributed by atoms with Crippen LogP contribution >= 0.6 is 43.2 Å². The van der Waals surface area contributed by atoms with Gasteiger partial charge in [-0.2, -0.15) is 0 Å². The largest absolute Gasteiger partial charge is 0.384 e. The Hall–Kier alpha value is -0.750. The molecule has 1 atom stereocenters. The Balaban J connectivity index is 2.06. The lowest BCUT2D eigenvalue weighted by Crippen LogP contribution is -1.98. The second kappa shape index (κ2) is 5.32. The highest BCUT2D eigenvalue weighted by Crippen LogP contribution is 2.38. The fourth-order valence-electron chi connectivity index (χ4n) is 1.97. The number of halogens is 2. The molecule has 19 heavy (non-hydrogen) atoms. The van der Waals surface area contributed by atoms with Crippen molar-refractivity contribution in [1.82, 2.24) is 4.98 Å². The highest BCUT2D eigenvalue weighted by atomic mass is 79.9. The molecular weight excluding hydrogens is 390 g/mol. The Morgan fingerprint density at radius 3 is 2.74 bits per heavy atom. The zero-order valence-electron chi connectivity index (χ0n) is 9.68. The molecule has 1 N–H and O–H groups in total. The molecule has 0 spiro atoms. The van der Waals surface area contributed by atoms with Crippen LogP contribution in [0, 0.1) is 0 Å². The lowest BCUT2D eigenvalue weighted by Gasteiger charge is -2.11. The molecule has 1 aromatic carbocycles. The first-order valence-electron chi connectivity index (χ1n) is 5.62. The van der Waals surface area contributed by atoms with Crippen LogP contribution in [-0.2, 0) is 0 Å². The van der Waals surface area contributed by atoms with Gasteiger partial charge in [0.15, 0.2) is 0 Å². The summed E-state index contributed by atoms with van der Waals surface area (Å²) in [4.78, 5) is 4.32. The van der Waals surface area contributed by atoms with E-state index in [4.69, 9.17) is 0 Å². The van der Waals surface area contributed by atoms with E-state index < -0.39 is 6.10 Å². The number of pyridine rings is 1. The monoisotopic (exact) mass is 397 g/mol. The number of benzene rings is 1. The summed E-state index contributed by atoms with van der Waals surface area (Å²) in [5, 5.41) is 11.5. The molecule has 2 nitrogen and oxygen atoms in total. The summed E-state index contributed by atoms with van der Waals surface area (Å²) >= 11 is 8.46. The first-order valence-corrected chi connectivity index (χ1v) is 8.03. The molecule has 3 rings (SSSR count). The van der Waals surface area contributed by atoms with E-state index in [1.54, 1.807) is 17.5 Å². The maximum absolute atomic E-state index is 10.5. The van der Waals surface area contributed by atoms with Crippen LogP contribution in [0.15, 0.2) is 50.2 Å². The van der Waals surface area contributed by atoms with Gasteiger partial charge >= 0.3 is 0 Å². The Labute approximate surface area is 131 Å². The van der Waals surface area contributed by atoms with Crippen molar-refractivity contribution < 1.29 is 5.11 Å². The summed E-state index contributed by atoms with van der Waals surface area (Å²) < 4.78 is 1.93. The number of fused-ring (bicyclic) bond motifs is 1. The summed E-state index contributed by atoms with van der Waals surface area (Å²) in [7, 11) is 0. The SMILES string of the molecule is OC(c1ccc2cccnc2c1)c1cc(Br)sc1Br. The van der Waals surface area contributed by atoms with Crippen molar-refractivity contribution in [3.05, 3.63) is 61.3 Å². The van der Waals surface area contributed by atoms with Gasteiger partial charge < -0.3 is 5.11 Å². The lowest BCUT2D eigenvalue weighted by molar-refractivity contribution is 0.220. The number of rotatable bonds is 2. The minimum Gasteiger partial charge on any atom is -0.384 e. The fraction of sp³-hybridized carbons (Fsp3) is 0.0714. The second-order valence-electron chi connectivity index (χ2n) is 4.14.